The van der Waals surface area contributed by atoms with Gasteiger partial charge in [-0.1, -0.05) is 18.2 Å². The molecule has 2 fully saturated rings. The van der Waals surface area contributed by atoms with Crippen molar-refractivity contribution in [2.45, 2.75) is 18.6 Å². The summed E-state index contributed by atoms with van der Waals surface area (Å²) in [6.45, 7) is 8.25. The zero-order valence-corrected chi connectivity index (χ0v) is 17.3. The van der Waals surface area contributed by atoms with Gasteiger partial charge in [-0.05, 0) is 36.9 Å². The monoisotopic (exact) mass is 396 g/mol. The maximum absolute atomic E-state index is 10.3. The summed E-state index contributed by atoms with van der Waals surface area (Å²) < 4.78 is 5.80. The average molecular weight is 397 g/mol. The highest BCUT2D eigenvalue weighted by Crippen LogP contribution is 2.27. The minimum absolute atomic E-state index is 0.337. The highest BCUT2D eigenvalue weighted by atomic mass is 16.5. The molecule has 1 aromatic heterocycles. The van der Waals surface area contributed by atoms with Gasteiger partial charge in [0, 0.05) is 70.2 Å². The van der Waals surface area contributed by atoms with Crippen molar-refractivity contribution in [2.75, 3.05) is 59.5 Å². The van der Waals surface area contributed by atoms with Crippen LogP contribution in [-0.2, 0) is 6.54 Å². The molecule has 0 saturated carbocycles. The van der Waals surface area contributed by atoms with Crippen molar-refractivity contribution in [1.82, 2.24) is 19.7 Å². The maximum Gasteiger partial charge on any atom is 0.119 e. The Morgan fingerprint density at radius 2 is 1.79 bits per heavy atom. The molecule has 1 unspecified atom stereocenters. The normalized spacial score (nSPS) is 20.3. The maximum atomic E-state index is 10.3. The fourth-order valence-electron chi connectivity index (χ4n) is 4.03. The van der Waals surface area contributed by atoms with Crippen LogP contribution in [0.2, 0.25) is 0 Å². The summed E-state index contributed by atoms with van der Waals surface area (Å²) in [6.07, 6.45) is 1.42. The highest BCUT2D eigenvalue weighted by molar-refractivity contribution is 5.27. The average Bonchev–Trinajstić information content (AvgIpc) is 2.72. The molecule has 2 aliphatic rings. The number of piperazine rings is 1. The summed E-state index contributed by atoms with van der Waals surface area (Å²) in [7, 11) is 2.14. The number of ether oxygens (including phenoxy) is 1. The Morgan fingerprint density at radius 3 is 2.48 bits per heavy atom. The molecule has 2 aliphatic heterocycles. The van der Waals surface area contributed by atoms with E-state index in [9.17, 15) is 5.11 Å². The molecule has 4 rings (SSSR count). The van der Waals surface area contributed by atoms with Crippen molar-refractivity contribution in [3.8, 4) is 5.75 Å². The van der Waals surface area contributed by atoms with Crippen molar-refractivity contribution < 1.29 is 9.84 Å². The first kappa shape index (κ1) is 20.3. The molecule has 1 atom stereocenters. The molecule has 0 radical (unpaired) electrons. The zero-order valence-electron chi connectivity index (χ0n) is 17.3. The molecule has 0 aliphatic carbocycles. The van der Waals surface area contributed by atoms with Crippen molar-refractivity contribution in [3.05, 3.63) is 59.9 Å². The van der Waals surface area contributed by atoms with E-state index in [-0.39, 0.29) is 0 Å². The number of aliphatic hydroxyl groups excluding tert-OH is 1. The predicted molar refractivity (Wildman–Crippen MR) is 114 cm³/mol. The SMILES string of the molecule is CN1CCN(CC(O)COc2ccc(CN3CC(c4ccccn4)C3)cc2)CC1. The van der Waals surface area contributed by atoms with E-state index >= 15 is 0 Å². The van der Waals surface area contributed by atoms with Gasteiger partial charge in [0.1, 0.15) is 18.5 Å². The van der Waals surface area contributed by atoms with Crippen LogP contribution in [0.5, 0.6) is 5.75 Å². The zero-order chi connectivity index (χ0) is 20.1. The van der Waals surface area contributed by atoms with E-state index in [0.29, 0.717) is 19.1 Å². The van der Waals surface area contributed by atoms with Crippen LogP contribution < -0.4 is 4.74 Å². The van der Waals surface area contributed by atoms with Crippen molar-refractivity contribution >= 4 is 0 Å². The lowest BCUT2D eigenvalue weighted by molar-refractivity contribution is 0.0504. The van der Waals surface area contributed by atoms with Crippen LogP contribution in [0.25, 0.3) is 0 Å². The van der Waals surface area contributed by atoms with E-state index in [1.807, 2.05) is 24.4 Å². The van der Waals surface area contributed by atoms with E-state index in [2.05, 4.69) is 51.0 Å². The molecule has 1 aromatic carbocycles. The molecular weight excluding hydrogens is 364 g/mol. The van der Waals surface area contributed by atoms with Gasteiger partial charge in [0.2, 0.25) is 0 Å². The molecule has 0 bridgehead atoms. The largest absolute Gasteiger partial charge is 0.491 e. The van der Waals surface area contributed by atoms with E-state index < -0.39 is 6.10 Å². The molecule has 29 heavy (non-hydrogen) atoms. The van der Waals surface area contributed by atoms with E-state index in [1.54, 1.807) is 0 Å². The van der Waals surface area contributed by atoms with Crippen LogP contribution in [0.15, 0.2) is 48.7 Å². The molecular formula is C23H32N4O2. The number of likely N-dealkylation sites (N-methyl/N-ethyl adjacent to an activating group) is 1. The number of rotatable bonds is 8. The quantitative estimate of drug-likeness (QED) is 0.733. The molecule has 2 aromatic rings. The summed E-state index contributed by atoms with van der Waals surface area (Å²) in [6, 6.07) is 14.4. The third kappa shape index (κ3) is 5.76. The summed E-state index contributed by atoms with van der Waals surface area (Å²) >= 11 is 0. The number of benzene rings is 1. The lowest BCUT2D eigenvalue weighted by Crippen LogP contribution is -2.47. The molecule has 0 amide bonds. The summed E-state index contributed by atoms with van der Waals surface area (Å²) in [5.74, 6) is 1.38. The third-order valence-corrected chi connectivity index (χ3v) is 5.90. The Hall–Kier alpha value is -1.99. The van der Waals surface area contributed by atoms with Gasteiger partial charge in [-0.15, -0.1) is 0 Å². The van der Waals surface area contributed by atoms with Crippen LogP contribution in [0.3, 0.4) is 0 Å². The first-order valence-electron chi connectivity index (χ1n) is 10.6. The van der Waals surface area contributed by atoms with Crippen LogP contribution in [0.1, 0.15) is 17.2 Å². The summed E-state index contributed by atoms with van der Waals surface area (Å²) in [4.78, 5) is 11.5. The summed E-state index contributed by atoms with van der Waals surface area (Å²) in [5.41, 5.74) is 2.48. The number of pyridine rings is 1. The van der Waals surface area contributed by atoms with Crippen LogP contribution in [0, 0.1) is 0 Å². The van der Waals surface area contributed by atoms with Gasteiger partial charge in [-0.3, -0.25) is 14.8 Å². The smallest absolute Gasteiger partial charge is 0.119 e. The Balaban J connectivity index is 1.16. The number of nitrogens with zero attached hydrogens (tertiary/aromatic N) is 4. The number of aromatic nitrogens is 1. The van der Waals surface area contributed by atoms with E-state index in [4.69, 9.17) is 4.74 Å². The van der Waals surface area contributed by atoms with E-state index in [1.165, 1.54) is 11.3 Å². The summed E-state index contributed by atoms with van der Waals surface area (Å²) in [5, 5.41) is 10.3. The molecule has 6 nitrogen and oxygen atoms in total. The van der Waals surface area contributed by atoms with Gasteiger partial charge in [-0.25, -0.2) is 0 Å². The van der Waals surface area contributed by atoms with Gasteiger partial charge in [0.05, 0.1) is 0 Å². The van der Waals surface area contributed by atoms with Crippen molar-refractivity contribution in [1.29, 1.82) is 0 Å². The molecule has 3 heterocycles. The van der Waals surface area contributed by atoms with Gasteiger partial charge in [-0.2, -0.15) is 0 Å². The second kappa shape index (κ2) is 9.67. The Morgan fingerprint density at radius 1 is 1.03 bits per heavy atom. The Kier molecular flexibility index (Phi) is 6.77. The minimum atomic E-state index is -0.456. The lowest BCUT2D eigenvalue weighted by atomic mass is 9.95. The van der Waals surface area contributed by atoms with Crippen LogP contribution in [-0.4, -0.2) is 90.4 Å². The first-order chi connectivity index (χ1) is 14.2. The Bertz CT molecular complexity index is 741. The number of likely N-dealkylation sites (tertiary alicyclic amines) is 1. The van der Waals surface area contributed by atoms with Crippen LogP contribution in [0.4, 0.5) is 0 Å². The first-order valence-corrected chi connectivity index (χ1v) is 10.6. The van der Waals surface area contributed by atoms with E-state index in [0.717, 1.165) is 51.6 Å². The van der Waals surface area contributed by atoms with Crippen molar-refractivity contribution in [3.63, 3.8) is 0 Å². The second-order valence-corrected chi connectivity index (χ2v) is 8.36. The second-order valence-electron chi connectivity index (χ2n) is 8.36. The molecule has 6 heteroatoms. The van der Waals surface area contributed by atoms with Gasteiger partial charge in [0.15, 0.2) is 0 Å². The van der Waals surface area contributed by atoms with Gasteiger partial charge >= 0.3 is 0 Å². The molecule has 0 spiro atoms. The fraction of sp³-hybridized carbons (Fsp3) is 0.522. The molecule has 1 N–H and O–H groups in total. The number of β-amino-alcohol motifs (C(OH)–C–C–N with tert-alkyl or cyclic N) is 1. The number of hydrogen-bond donors (Lipinski definition) is 1. The topological polar surface area (TPSA) is 52.1 Å². The predicted octanol–water partition coefficient (Wildman–Crippen LogP) is 1.67. The number of aliphatic hydroxyl groups is 1. The Labute approximate surface area is 173 Å². The van der Waals surface area contributed by atoms with Crippen LogP contribution >= 0.6 is 0 Å². The minimum Gasteiger partial charge on any atom is -0.491 e. The van der Waals surface area contributed by atoms with Gasteiger partial charge in [0.25, 0.3) is 0 Å². The van der Waals surface area contributed by atoms with Gasteiger partial charge < -0.3 is 14.7 Å². The standard InChI is InChI=1S/C23H32N4O2/c1-25-10-12-26(13-11-25)17-21(28)18-29-22-7-5-19(6-8-22)14-27-15-20(16-27)23-4-2-3-9-24-23/h2-9,20-21,28H,10-18H2,1H3. The highest BCUT2D eigenvalue weighted by Gasteiger charge is 2.28. The number of hydrogen-bond acceptors (Lipinski definition) is 6. The lowest BCUT2D eigenvalue weighted by Gasteiger charge is -2.39. The van der Waals surface area contributed by atoms with Crippen molar-refractivity contribution in [2.24, 2.45) is 0 Å². The third-order valence-electron chi connectivity index (χ3n) is 5.90. The molecule has 2 saturated heterocycles. The molecule has 156 valence electrons. The fourth-order valence-corrected chi connectivity index (χ4v) is 4.03.